The van der Waals surface area contributed by atoms with Crippen molar-refractivity contribution in [2.24, 2.45) is 11.8 Å². The van der Waals surface area contributed by atoms with Crippen LogP contribution in [0.3, 0.4) is 0 Å². The van der Waals surface area contributed by atoms with E-state index in [-0.39, 0.29) is 24.8 Å². The van der Waals surface area contributed by atoms with Crippen LogP contribution in [0, 0.1) is 11.8 Å². The highest BCUT2D eigenvalue weighted by atomic mass is 16.5. The van der Waals surface area contributed by atoms with Crippen LogP contribution in [0.5, 0.6) is 0 Å². The highest BCUT2D eigenvalue weighted by Gasteiger charge is 2.19. The van der Waals surface area contributed by atoms with Gasteiger partial charge < -0.3 is 9.47 Å². The normalized spacial score (nSPS) is 20.2. The number of ether oxygens (including phenoxy) is 2. The molecule has 0 N–H and O–H groups in total. The minimum atomic E-state index is -0.269. The van der Waals surface area contributed by atoms with E-state index in [2.05, 4.69) is 0 Å². The lowest BCUT2D eigenvalue weighted by Gasteiger charge is -2.11. The Morgan fingerprint density at radius 1 is 0.700 bits per heavy atom. The van der Waals surface area contributed by atoms with Crippen molar-refractivity contribution in [1.29, 1.82) is 0 Å². The fraction of sp³-hybridized carbons (Fsp3) is 0.875. The van der Waals surface area contributed by atoms with Crippen molar-refractivity contribution in [3.8, 4) is 0 Å². The zero-order chi connectivity index (χ0) is 14.2. The minimum absolute atomic E-state index is 0.149. The van der Waals surface area contributed by atoms with E-state index in [1.807, 2.05) is 0 Å². The summed E-state index contributed by atoms with van der Waals surface area (Å²) in [6.45, 7) is 1.05. The molecule has 0 aliphatic heterocycles. The highest BCUT2D eigenvalue weighted by molar-refractivity contribution is 5.77. The minimum Gasteiger partial charge on any atom is -0.465 e. The molecule has 2 saturated carbocycles. The van der Waals surface area contributed by atoms with E-state index in [0.29, 0.717) is 25.0 Å². The Morgan fingerprint density at radius 3 is 1.40 bits per heavy atom. The zero-order valence-electron chi connectivity index (χ0n) is 12.3. The molecule has 20 heavy (non-hydrogen) atoms. The van der Waals surface area contributed by atoms with Gasteiger partial charge in [0.2, 0.25) is 0 Å². The van der Waals surface area contributed by atoms with E-state index in [0.717, 1.165) is 25.7 Å². The summed E-state index contributed by atoms with van der Waals surface area (Å²) in [7, 11) is 0. The highest BCUT2D eigenvalue weighted by Crippen LogP contribution is 2.25. The Kier molecular flexibility index (Phi) is 6.34. The molecule has 0 bridgehead atoms. The second kappa shape index (κ2) is 8.28. The number of hydrogen-bond donors (Lipinski definition) is 0. The molecule has 0 heterocycles. The molecule has 2 fully saturated rings. The van der Waals surface area contributed by atoms with Crippen LogP contribution < -0.4 is 0 Å². The van der Waals surface area contributed by atoms with Crippen molar-refractivity contribution in [3.63, 3.8) is 0 Å². The number of carbonyl (C=O) groups is 2. The van der Waals surface area contributed by atoms with Crippen molar-refractivity contribution in [2.45, 2.75) is 64.2 Å². The first-order valence-corrected chi connectivity index (χ1v) is 8.05. The lowest BCUT2D eigenvalue weighted by molar-refractivity contribution is -0.151. The van der Waals surface area contributed by atoms with Gasteiger partial charge in [0.25, 0.3) is 0 Å². The fourth-order valence-electron chi connectivity index (χ4n) is 3.12. The van der Waals surface area contributed by atoms with E-state index < -0.39 is 0 Å². The molecule has 2 aliphatic carbocycles. The van der Waals surface area contributed by atoms with Gasteiger partial charge in [-0.05, 0) is 37.5 Å². The second-order valence-electron chi connectivity index (χ2n) is 6.17. The molecule has 2 aliphatic rings. The van der Waals surface area contributed by atoms with Gasteiger partial charge in [-0.2, -0.15) is 0 Å². The van der Waals surface area contributed by atoms with Gasteiger partial charge in [0.1, 0.15) is 0 Å². The van der Waals surface area contributed by atoms with E-state index >= 15 is 0 Å². The van der Waals surface area contributed by atoms with Gasteiger partial charge in [0.15, 0.2) is 0 Å². The molecule has 0 saturated heterocycles. The van der Waals surface area contributed by atoms with Crippen LogP contribution in [0.15, 0.2) is 0 Å². The van der Waals surface area contributed by atoms with E-state index in [9.17, 15) is 9.59 Å². The molecule has 114 valence electrons. The van der Waals surface area contributed by atoms with Gasteiger partial charge in [0, 0.05) is 0 Å². The van der Waals surface area contributed by atoms with Crippen LogP contribution in [0.25, 0.3) is 0 Å². The number of carbonyl (C=O) groups excluding carboxylic acids is 2. The maximum Gasteiger partial charge on any atom is 0.306 e. The summed E-state index contributed by atoms with van der Waals surface area (Å²) in [6.07, 6.45) is 9.93. The number of esters is 2. The van der Waals surface area contributed by atoms with Crippen molar-refractivity contribution in [2.75, 3.05) is 13.2 Å². The van der Waals surface area contributed by atoms with Crippen molar-refractivity contribution >= 4 is 11.9 Å². The van der Waals surface area contributed by atoms with E-state index in [4.69, 9.17) is 9.47 Å². The van der Waals surface area contributed by atoms with Crippen LogP contribution in [0.4, 0.5) is 0 Å². The largest absolute Gasteiger partial charge is 0.465 e. The third-order valence-corrected chi connectivity index (χ3v) is 4.44. The standard InChI is InChI=1S/C16H26O4/c17-15(19-11-13-5-1-2-6-13)9-10-16(18)20-12-14-7-3-4-8-14/h13-14H,1-12H2. The van der Waals surface area contributed by atoms with Crippen LogP contribution in [-0.4, -0.2) is 25.2 Å². The molecular formula is C16H26O4. The monoisotopic (exact) mass is 282 g/mol. The SMILES string of the molecule is O=C(CCC(=O)OCC1CCCC1)OCC1CCCC1. The summed E-state index contributed by atoms with van der Waals surface area (Å²) in [4.78, 5) is 23.1. The summed E-state index contributed by atoms with van der Waals surface area (Å²) in [5.41, 5.74) is 0. The van der Waals surface area contributed by atoms with Crippen molar-refractivity contribution in [1.82, 2.24) is 0 Å². The summed E-state index contributed by atoms with van der Waals surface area (Å²) >= 11 is 0. The van der Waals surface area contributed by atoms with E-state index in [1.165, 1.54) is 25.7 Å². The van der Waals surface area contributed by atoms with Gasteiger partial charge in [-0.1, -0.05) is 25.7 Å². The third kappa shape index (κ3) is 5.51. The summed E-state index contributed by atoms with van der Waals surface area (Å²) in [6, 6.07) is 0. The summed E-state index contributed by atoms with van der Waals surface area (Å²) in [5.74, 6) is 0.533. The quantitative estimate of drug-likeness (QED) is 0.673. The van der Waals surface area contributed by atoms with E-state index in [1.54, 1.807) is 0 Å². The maximum absolute atomic E-state index is 11.5. The van der Waals surface area contributed by atoms with Crippen molar-refractivity contribution < 1.29 is 19.1 Å². The molecule has 0 atom stereocenters. The van der Waals surface area contributed by atoms with Crippen LogP contribution in [0.1, 0.15) is 64.2 Å². The summed E-state index contributed by atoms with van der Waals surface area (Å²) in [5, 5.41) is 0. The van der Waals surface area contributed by atoms with Crippen LogP contribution >= 0.6 is 0 Å². The molecule has 0 aromatic rings. The topological polar surface area (TPSA) is 52.6 Å². The Balaban J connectivity index is 1.49. The molecule has 4 nitrogen and oxygen atoms in total. The fourth-order valence-corrected chi connectivity index (χ4v) is 3.12. The first-order valence-electron chi connectivity index (χ1n) is 8.05. The molecule has 0 unspecified atom stereocenters. The first kappa shape index (κ1) is 15.3. The average molecular weight is 282 g/mol. The Morgan fingerprint density at radius 2 is 1.05 bits per heavy atom. The molecule has 0 spiro atoms. The molecule has 0 radical (unpaired) electrons. The maximum atomic E-state index is 11.5. The molecule has 0 amide bonds. The van der Waals surface area contributed by atoms with Crippen LogP contribution in [-0.2, 0) is 19.1 Å². The number of hydrogen-bond acceptors (Lipinski definition) is 4. The molecular weight excluding hydrogens is 256 g/mol. The molecule has 4 heteroatoms. The molecule has 0 aromatic heterocycles. The lowest BCUT2D eigenvalue weighted by Crippen LogP contribution is -2.15. The van der Waals surface area contributed by atoms with Gasteiger partial charge >= 0.3 is 11.9 Å². The number of rotatable bonds is 7. The van der Waals surface area contributed by atoms with Gasteiger partial charge in [-0.15, -0.1) is 0 Å². The van der Waals surface area contributed by atoms with Gasteiger partial charge in [-0.25, -0.2) is 0 Å². The predicted molar refractivity (Wildman–Crippen MR) is 75.1 cm³/mol. The predicted octanol–water partition coefficient (Wildman–Crippen LogP) is 3.23. The smallest absolute Gasteiger partial charge is 0.306 e. The molecule has 2 rings (SSSR count). The first-order chi connectivity index (χ1) is 9.74. The average Bonchev–Trinajstić information content (AvgIpc) is 3.13. The third-order valence-electron chi connectivity index (χ3n) is 4.44. The van der Waals surface area contributed by atoms with Gasteiger partial charge in [0.05, 0.1) is 26.1 Å². The second-order valence-corrected chi connectivity index (χ2v) is 6.17. The Labute approximate surface area is 121 Å². The van der Waals surface area contributed by atoms with Crippen LogP contribution in [0.2, 0.25) is 0 Å². The summed E-state index contributed by atoms with van der Waals surface area (Å²) < 4.78 is 10.4. The lowest BCUT2D eigenvalue weighted by atomic mass is 10.1. The van der Waals surface area contributed by atoms with Crippen molar-refractivity contribution in [3.05, 3.63) is 0 Å². The molecule has 0 aromatic carbocycles. The Bertz CT molecular complexity index is 282. The Hall–Kier alpha value is -1.06. The zero-order valence-corrected chi connectivity index (χ0v) is 12.3. The van der Waals surface area contributed by atoms with Gasteiger partial charge in [-0.3, -0.25) is 9.59 Å².